The highest BCUT2D eigenvalue weighted by atomic mass is 32.2. The zero-order valence-corrected chi connectivity index (χ0v) is 13.6. The van der Waals surface area contributed by atoms with E-state index in [1.807, 2.05) is 13.8 Å². The van der Waals surface area contributed by atoms with Gasteiger partial charge in [-0.25, -0.2) is 8.42 Å². The average Bonchev–Trinajstić information content (AvgIpc) is 2.46. The third-order valence-electron chi connectivity index (χ3n) is 4.11. The highest BCUT2D eigenvalue weighted by Gasteiger charge is 2.35. The first-order valence-corrected chi connectivity index (χ1v) is 8.67. The Bertz CT molecular complexity index is 590. The van der Waals surface area contributed by atoms with Gasteiger partial charge in [0.2, 0.25) is 10.0 Å². The monoisotopic (exact) mass is 313 g/mol. The van der Waals surface area contributed by atoms with E-state index in [2.05, 4.69) is 0 Å². The van der Waals surface area contributed by atoms with Gasteiger partial charge in [0.15, 0.2) is 0 Å². The third kappa shape index (κ3) is 3.07. The van der Waals surface area contributed by atoms with Crippen molar-refractivity contribution in [1.29, 1.82) is 0 Å². The molecule has 2 rings (SSSR count). The predicted molar refractivity (Wildman–Crippen MR) is 80.7 cm³/mol. The van der Waals surface area contributed by atoms with Gasteiger partial charge in [-0.05, 0) is 44.9 Å². The van der Waals surface area contributed by atoms with Crippen LogP contribution in [0.4, 0.5) is 0 Å². The van der Waals surface area contributed by atoms with Crippen LogP contribution >= 0.6 is 0 Å². The van der Waals surface area contributed by atoms with Crippen LogP contribution < -0.4 is 4.74 Å². The van der Waals surface area contributed by atoms with E-state index in [9.17, 15) is 13.5 Å². The number of piperidine rings is 1. The fourth-order valence-electron chi connectivity index (χ4n) is 3.03. The van der Waals surface area contributed by atoms with Crippen molar-refractivity contribution in [2.24, 2.45) is 0 Å². The number of hydrogen-bond donors (Lipinski definition) is 1. The summed E-state index contributed by atoms with van der Waals surface area (Å²) in [6, 6.07) is 4.64. The molecule has 2 atom stereocenters. The standard InChI is InChI=1S/C15H23NO4S/c1-11-5-4-6-12(2)16(11)21(18,19)14-7-8-15(20-3)13(9-14)10-17/h7-9,11-12,17H,4-6,10H2,1-3H3. The number of hydrogen-bond acceptors (Lipinski definition) is 4. The van der Waals surface area contributed by atoms with Crippen molar-refractivity contribution in [2.75, 3.05) is 7.11 Å². The minimum absolute atomic E-state index is 0.00146. The van der Waals surface area contributed by atoms with Crippen LogP contribution in [0.5, 0.6) is 5.75 Å². The van der Waals surface area contributed by atoms with Crippen LogP contribution in [0.2, 0.25) is 0 Å². The Morgan fingerprint density at radius 1 is 1.29 bits per heavy atom. The molecule has 1 heterocycles. The van der Waals surface area contributed by atoms with Gasteiger partial charge >= 0.3 is 0 Å². The van der Waals surface area contributed by atoms with E-state index in [0.717, 1.165) is 19.3 Å². The Morgan fingerprint density at radius 3 is 2.43 bits per heavy atom. The normalized spacial score (nSPS) is 24.0. The van der Waals surface area contributed by atoms with Gasteiger partial charge in [-0.1, -0.05) is 6.42 Å². The Hall–Kier alpha value is -1.11. The molecule has 118 valence electrons. The minimum atomic E-state index is -3.55. The Kier molecular flexibility index (Phi) is 4.91. The summed E-state index contributed by atoms with van der Waals surface area (Å²) < 4.78 is 32.5. The smallest absolute Gasteiger partial charge is 0.243 e. The lowest BCUT2D eigenvalue weighted by Crippen LogP contribution is -2.47. The number of sulfonamides is 1. The Balaban J connectivity index is 2.43. The van der Waals surface area contributed by atoms with Crippen molar-refractivity contribution in [3.05, 3.63) is 23.8 Å². The predicted octanol–water partition coefficient (Wildman–Crippen LogP) is 2.14. The molecule has 0 saturated carbocycles. The van der Waals surface area contributed by atoms with E-state index in [1.165, 1.54) is 13.2 Å². The van der Waals surface area contributed by atoms with Gasteiger partial charge in [0.05, 0.1) is 18.6 Å². The lowest BCUT2D eigenvalue weighted by molar-refractivity contribution is 0.204. The van der Waals surface area contributed by atoms with Gasteiger partial charge in [-0.15, -0.1) is 0 Å². The fourth-order valence-corrected chi connectivity index (χ4v) is 4.97. The van der Waals surface area contributed by atoms with E-state index < -0.39 is 10.0 Å². The molecular formula is C15H23NO4S. The van der Waals surface area contributed by atoms with Crippen molar-refractivity contribution < 1.29 is 18.3 Å². The van der Waals surface area contributed by atoms with Crippen molar-refractivity contribution in [2.45, 2.75) is 56.7 Å². The minimum Gasteiger partial charge on any atom is -0.496 e. The fraction of sp³-hybridized carbons (Fsp3) is 0.600. The summed E-state index contributed by atoms with van der Waals surface area (Å²) in [6.45, 7) is 3.64. The summed E-state index contributed by atoms with van der Waals surface area (Å²) >= 11 is 0. The van der Waals surface area contributed by atoms with Gasteiger partial charge in [-0.3, -0.25) is 0 Å². The molecule has 1 saturated heterocycles. The SMILES string of the molecule is COc1ccc(S(=O)(=O)N2C(C)CCCC2C)cc1CO. The topological polar surface area (TPSA) is 66.8 Å². The molecule has 1 aliphatic heterocycles. The second-order valence-corrected chi connectivity index (χ2v) is 7.44. The maximum Gasteiger partial charge on any atom is 0.243 e. The maximum absolute atomic E-state index is 12.9. The van der Waals surface area contributed by atoms with Crippen molar-refractivity contribution in [3.8, 4) is 5.75 Å². The van der Waals surface area contributed by atoms with Crippen molar-refractivity contribution in [1.82, 2.24) is 4.31 Å². The summed E-state index contributed by atoms with van der Waals surface area (Å²) in [4.78, 5) is 0.216. The van der Waals surface area contributed by atoms with Gasteiger partial charge in [0.1, 0.15) is 5.75 Å². The summed E-state index contributed by atoms with van der Waals surface area (Å²) in [5.41, 5.74) is 0.482. The van der Waals surface area contributed by atoms with E-state index in [4.69, 9.17) is 4.74 Å². The molecule has 1 N–H and O–H groups in total. The molecule has 1 fully saturated rings. The van der Waals surface area contributed by atoms with Crippen molar-refractivity contribution >= 4 is 10.0 Å². The van der Waals surface area contributed by atoms with Crippen LogP contribution in [0.25, 0.3) is 0 Å². The molecule has 6 heteroatoms. The van der Waals surface area contributed by atoms with Gasteiger partial charge in [0.25, 0.3) is 0 Å². The number of nitrogens with zero attached hydrogens (tertiary/aromatic N) is 1. The van der Waals surface area contributed by atoms with Crippen LogP contribution in [0.1, 0.15) is 38.7 Å². The van der Waals surface area contributed by atoms with Crippen LogP contribution in [0.15, 0.2) is 23.1 Å². The molecule has 2 unspecified atom stereocenters. The van der Waals surface area contributed by atoms with E-state index in [0.29, 0.717) is 11.3 Å². The quantitative estimate of drug-likeness (QED) is 0.925. The second kappa shape index (κ2) is 6.34. The summed E-state index contributed by atoms with van der Waals surface area (Å²) in [6.07, 6.45) is 2.82. The molecule has 1 aliphatic rings. The van der Waals surface area contributed by atoms with E-state index >= 15 is 0 Å². The van der Waals surface area contributed by atoms with Gasteiger partial charge in [-0.2, -0.15) is 4.31 Å². The highest BCUT2D eigenvalue weighted by Crippen LogP contribution is 2.31. The van der Waals surface area contributed by atoms with Crippen LogP contribution in [0.3, 0.4) is 0 Å². The molecule has 1 aromatic carbocycles. The third-order valence-corrected chi connectivity index (χ3v) is 6.23. The first-order chi connectivity index (χ1) is 9.91. The molecule has 21 heavy (non-hydrogen) atoms. The maximum atomic E-state index is 12.9. The molecule has 0 bridgehead atoms. The molecule has 0 radical (unpaired) electrons. The van der Waals surface area contributed by atoms with Gasteiger partial charge in [0, 0.05) is 17.6 Å². The highest BCUT2D eigenvalue weighted by molar-refractivity contribution is 7.89. The second-order valence-electron chi connectivity index (χ2n) is 5.60. The summed E-state index contributed by atoms with van der Waals surface area (Å²) in [5, 5.41) is 9.37. The molecule has 0 aromatic heterocycles. The molecule has 5 nitrogen and oxygen atoms in total. The largest absolute Gasteiger partial charge is 0.496 e. The molecular weight excluding hydrogens is 290 g/mol. The summed E-state index contributed by atoms with van der Waals surface area (Å²) in [5.74, 6) is 0.496. The van der Waals surface area contributed by atoms with Crippen molar-refractivity contribution in [3.63, 3.8) is 0 Å². The van der Waals surface area contributed by atoms with Crippen LogP contribution in [-0.4, -0.2) is 37.0 Å². The average molecular weight is 313 g/mol. The number of rotatable bonds is 4. The Morgan fingerprint density at radius 2 is 1.90 bits per heavy atom. The zero-order valence-electron chi connectivity index (χ0n) is 12.7. The molecule has 1 aromatic rings. The summed E-state index contributed by atoms with van der Waals surface area (Å²) in [7, 11) is -2.05. The van der Waals surface area contributed by atoms with Crippen LogP contribution in [0, 0.1) is 0 Å². The first-order valence-electron chi connectivity index (χ1n) is 7.23. The number of aliphatic hydroxyl groups excluding tert-OH is 1. The zero-order chi connectivity index (χ0) is 15.6. The molecule has 0 amide bonds. The lowest BCUT2D eigenvalue weighted by atomic mass is 10.0. The van der Waals surface area contributed by atoms with E-state index in [-0.39, 0.29) is 23.6 Å². The van der Waals surface area contributed by atoms with E-state index in [1.54, 1.807) is 16.4 Å². The first kappa shape index (κ1) is 16.3. The number of ether oxygens (including phenoxy) is 1. The Labute approximate surface area is 126 Å². The number of methoxy groups -OCH3 is 1. The number of aliphatic hydroxyl groups is 1. The molecule has 0 aliphatic carbocycles. The van der Waals surface area contributed by atoms with Gasteiger partial charge < -0.3 is 9.84 Å². The molecule has 0 spiro atoms. The lowest BCUT2D eigenvalue weighted by Gasteiger charge is -2.37. The van der Waals surface area contributed by atoms with Crippen LogP contribution in [-0.2, 0) is 16.6 Å². The number of benzene rings is 1.